The molecule has 0 spiro atoms. The maximum Gasteiger partial charge on any atom is 0.146 e. The third kappa shape index (κ3) is 7.21. The highest BCUT2D eigenvalue weighted by Crippen LogP contribution is 2.29. The molecular formula is C20H26N2O4. The summed E-state index contributed by atoms with van der Waals surface area (Å²) >= 11 is 0. The molecule has 0 heterocycles. The van der Waals surface area contributed by atoms with Crippen LogP contribution in [0, 0.1) is 0 Å². The summed E-state index contributed by atoms with van der Waals surface area (Å²) in [5, 5.41) is 8.62. The lowest BCUT2D eigenvalue weighted by atomic mass is 10.3. The Balaban J connectivity index is 1.96. The Morgan fingerprint density at radius 2 is 1.46 bits per heavy atom. The van der Waals surface area contributed by atoms with Gasteiger partial charge in [0.05, 0.1) is 18.9 Å². The van der Waals surface area contributed by atoms with Crippen LogP contribution in [0.2, 0.25) is 0 Å². The molecule has 0 aromatic heterocycles. The van der Waals surface area contributed by atoms with Crippen molar-refractivity contribution in [3.8, 4) is 11.5 Å². The average molecular weight is 358 g/mol. The lowest BCUT2D eigenvalue weighted by Gasteiger charge is -2.08. The summed E-state index contributed by atoms with van der Waals surface area (Å²) in [6.07, 6.45) is 1.67. The number of methoxy groups -OCH3 is 2. The Morgan fingerprint density at radius 3 is 2.23 bits per heavy atom. The molecule has 0 fully saturated rings. The molecule has 0 aliphatic heterocycles. The van der Waals surface area contributed by atoms with Gasteiger partial charge in [0.2, 0.25) is 0 Å². The fourth-order valence-electron chi connectivity index (χ4n) is 2.19. The first kappa shape index (κ1) is 19.9. The summed E-state index contributed by atoms with van der Waals surface area (Å²) in [6, 6.07) is 15.1. The molecule has 2 aromatic rings. The van der Waals surface area contributed by atoms with E-state index in [9.17, 15) is 0 Å². The van der Waals surface area contributed by atoms with Crippen LogP contribution in [-0.2, 0) is 9.47 Å². The summed E-state index contributed by atoms with van der Waals surface area (Å²) in [5.41, 5.74) is 1.42. The molecule has 2 rings (SSSR count). The molecule has 6 heteroatoms. The molecule has 0 saturated carbocycles. The van der Waals surface area contributed by atoms with Gasteiger partial charge in [-0.25, -0.2) is 0 Å². The van der Waals surface area contributed by atoms with Crippen LogP contribution in [0.1, 0.15) is 12.8 Å². The van der Waals surface area contributed by atoms with Crippen molar-refractivity contribution in [2.24, 2.45) is 10.2 Å². The molecule has 140 valence electrons. The maximum atomic E-state index is 5.76. The highest BCUT2D eigenvalue weighted by atomic mass is 16.5. The minimum Gasteiger partial charge on any atom is -0.493 e. The number of ether oxygens (including phenoxy) is 4. The van der Waals surface area contributed by atoms with Crippen LogP contribution in [0.3, 0.4) is 0 Å². The van der Waals surface area contributed by atoms with Crippen molar-refractivity contribution in [3.63, 3.8) is 0 Å². The van der Waals surface area contributed by atoms with E-state index in [2.05, 4.69) is 10.2 Å². The van der Waals surface area contributed by atoms with Gasteiger partial charge in [-0.1, -0.05) is 18.2 Å². The zero-order valence-corrected chi connectivity index (χ0v) is 15.4. The fourth-order valence-corrected chi connectivity index (χ4v) is 2.19. The van der Waals surface area contributed by atoms with Gasteiger partial charge < -0.3 is 18.9 Å². The van der Waals surface area contributed by atoms with Crippen molar-refractivity contribution in [3.05, 3.63) is 48.5 Å². The van der Waals surface area contributed by atoms with Crippen LogP contribution in [0.15, 0.2) is 58.8 Å². The van der Waals surface area contributed by atoms with Crippen LogP contribution in [0.25, 0.3) is 0 Å². The molecule has 0 bridgehead atoms. The van der Waals surface area contributed by atoms with Gasteiger partial charge in [-0.2, -0.15) is 5.11 Å². The van der Waals surface area contributed by atoms with E-state index in [4.69, 9.17) is 18.9 Å². The second-order valence-corrected chi connectivity index (χ2v) is 5.55. The SMILES string of the molecule is COCCCOc1cccc(N=Nc2ccccc2OCCCOC)c1. The highest BCUT2D eigenvalue weighted by Gasteiger charge is 2.02. The summed E-state index contributed by atoms with van der Waals surface area (Å²) < 4.78 is 21.5. The van der Waals surface area contributed by atoms with Gasteiger partial charge in [-0.3, -0.25) is 0 Å². The van der Waals surface area contributed by atoms with E-state index >= 15 is 0 Å². The monoisotopic (exact) mass is 358 g/mol. The lowest BCUT2D eigenvalue weighted by molar-refractivity contribution is 0.172. The van der Waals surface area contributed by atoms with E-state index in [0.717, 1.165) is 24.3 Å². The van der Waals surface area contributed by atoms with E-state index in [1.807, 2.05) is 48.5 Å². The number of benzene rings is 2. The molecule has 0 radical (unpaired) electrons. The molecule has 2 aromatic carbocycles. The molecule has 26 heavy (non-hydrogen) atoms. The Bertz CT molecular complexity index is 676. The van der Waals surface area contributed by atoms with E-state index in [0.29, 0.717) is 37.9 Å². The highest BCUT2D eigenvalue weighted by molar-refractivity contribution is 5.52. The first-order valence-electron chi connectivity index (χ1n) is 8.68. The second-order valence-electron chi connectivity index (χ2n) is 5.55. The third-order valence-corrected chi connectivity index (χ3v) is 3.47. The van der Waals surface area contributed by atoms with Crippen molar-refractivity contribution in [1.82, 2.24) is 0 Å². The average Bonchev–Trinajstić information content (AvgIpc) is 2.68. The topological polar surface area (TPSA) is 61.6 Å². The summed E-state index contributed by atoms with van der Waals surface area (Å²) in [6.45, 7) is 2.53. The number of rotatable bonds is 12. The molecule has 6 nitrogen and oxygen atoms in total. The smallest absolute Gasteiger partial charge is 0.146 e. The van der Waals surface area contributed by atoms with Crippen molar-refractivity contribution < 1.29 is 18.9 Å². The van der Waals surface area contributed by atoms with Gasteiger partial charge in [0, 0.05) is 46.3 Å². The predicted octanol–water partition coefficient (Wildman–Crippen LogP) is 4.93. The van der Waals surface area contributed by atoms with Gasteiger partial charge in [0.15, 0.2) is 0 Å². The standard InChI is InChI=1S/C20H26N2O4/c1-23-12-6-14-25-18-9-5-8-17(16-18)21-22-19-10-3-4-11-20(19)26-15-7-13-24-2/h3-5,8-11,16H,6-7,12-15H2,1-2H3. The van der Waals surface area contributed by atoms with Crippen LogP contribution >= 0.6 is 0 Å². The van der Waals surface area contributed by atoms with E-state index < -0.39 is 0 Å². The van der Waals surface area contributed by atoms with Crippen molar-refractivity contribution in [1.29, 1.82) is 0 Å². The first-order valence-corrected chi connectivity index (χ1v) is 8.68. The Kier molecular flexibility index (Phi) is 9.18. The lowest BCUT2D eigenvalue weighted by Crippen LogP contribution is -2.01. The third-order valence-electron chi connectivity index (χ3n) is 3.47. The van der Waals surface area contributed by atoms with Gasteiger partial charge in [0.1, 0.15) is 17.2 Å². The van der Waals surface area contributed by atoms with Gasteiger partial charge in [0.25, 0.3) is 0 Å². The second kappa shape index (κ2) is 12.0. The Labute approximate surface area is 154 Å². The van der Waals surface area contributed by atoms with Crippen LogP contribution in [0.4, 0.5) is 11.4 Å². The quantitative estimate of drug-likeness (QED) is 0.398. The number of hydrogen-bond donors (Lipinski definition) is 0. The van der Waals surface area contributed by atoms with Gasteiger partial charge in [-0.15, -0.1) is 5.11 Å². The summed E-state index contributed by atoms with van der Waals surface area (Å²) in [7, 11) is 3.36. The van der Waals surface area contributed by atoms with Crippen LogP contribution in [-0.4, -0.2) is 40.6 Å². The first-order chi connectivity index (χ1) is 12.8. The zero-order valence-electron chi connectivity index (χ0n) is 15.4. The Morgan fingerprint density at radius 1 is 0.731 bits per heavy atom. The molecule has 0 saturated heterocycles. The van der Waals surface area contributed by atoms with Gasteiger partial charge in [-0.05, 0) is 24.3 Å². The van der Waals surface area contributed by atoms with Crippen molar-refractivity contribution >= 4 is 11.4 Å². The summed E-state index contributed by atoms with van der Waals surface area (Å²) in [4.78, 5) is 0. The molecule has 0 atom stereocenters. The molecule has 0 unspecified atom stereocenters. The minimum atomic E-state index is 0.575. The van der Waals surface area contributed by atoms with Crippen LogP contribution in [0.5, 0.6) is 11.5 Å². The molecular weight excluding hydrogens is 332 g/mol. The number of azo groups is 1. The largest absolute Gasteiger partial charge is 0.493 e. The molecule has 0 amide bonds. The predicted molar refractivity (Wildman–Crippen MR) is 101 cm³/mol. The van der Waals surface area contributed by atoms with Gasteiger partial charge >= 0.3 is 0 Å². The molecule has 0 aliphatic rings. The van der Waals surface area contributed by atoms with E-state index in [-0.39, 0.29) is 0 Å². The summed E-state index contributed by atoms with van der Waals surface area (Å²) in [5.74, 6) is 1.47. The zero-order chi connectivity index (χ0) is 18.5. The molecule has 0 N–H and O–H groups in total. The normalized spacial score (nSPS) is 11.0. The maximum absolute atomic E-state index is 5.76. The number of para-hydroxylation sites is 1. The van der Waals surface area contributed by atoms with Crippen molar-refractivity contribution in [2.45, 2.75) is 12.8 Å². The van der Waals surface area contributed by atoms with E-state index in [1.54, 1.807) is 14.2 Å². The number of hydrogen-bond acceptors (Lipinski definition) is 6. The molecule has 0 aliphatic carbocycles. The number of nitrogens with zero attached hydrogens (tertiary/aromatic N) is 2. The Hall–Kier alpha value is -2.44. The fraction of sp³-hybridized carbons (Fsp3) is 0.400. The van der Waals surface area contributed by atoms with Crippen LogP contribution < -0.4 is 9.47 Å². The van der Waals surface area contributed by atoms with Crippen molar-refractivity contribution in [2.75, 3.05) is 40.6 Å². The van der Waals surface area contributed by atoms with E-state index in [1.165, 1.54) is 0 Å². The minimum absolute atomic E-state index is 0.575.